The molecular weight excluding hydrogens is 342 g/mol. The van der Waals surface area contributed by atoms with Crippen molar-refractivity contribution in [1.82, 2.24) is 9.78 Å². The summed E-state index contributed by atoms with van der Waals surface area (Å²) < 4.78 is 1.97. The van der Waals surface area contributed by atoms with Crippen molar-refractivity contribution in [2.75, 3.05) is 18.0 Å². The minimum atomic E-state index is -0.0797. The van der Waals surface area contributed by atoms with Crippen LogP contribution in [-0.4, -0.2) is 22.9 Å². The molecule has 2 heterocycles. The van der Waals surface area contributed by atoms with E-state index in [-0.39, 0.29) is 5.56 Å². The standard InChI is InChI=1S/C17H20BrN3O/c1-20-17(22)16(18)15(12-19-20)21-9-7-14(8-10-21)11-13-5-3-2-4-6-13/h2-6,12,14H,7-11H2,1H3. The summed E-state index contributed by atoms with van der Waals surface area (Å²) >= 11 is 3.42. The van der Waals surface area contributed by atoms with Crippen LogP contribution >= 0.6 is 15.9 Å². The van der Waals surface area contributed by atoms with E-state index in [1.54, 1.807) is 13.2 Å². The molecule has 116 valence electrons. The lowest BCUT2D eigenvalue weighted by Crippen LogP contribution is -2.36. The van der Waals surface area contributed by atoms with E-state index in [0.717, 1.165) is 44.0 Å². The molecule has 1 saturated heterocycles. The molecule has 0 atom stereocenters. The van der Waals surface area contributed by atoms with Crippen LogP contribution in [0.4, 0.5) is 5.69 Å². The molecule has 0 N–H and O–H groups in total. The number of aryl methyl sites for hydroxylation is 1. The summed E-state index contributed by atoms with van der Waals surface area (Å²) in [5.41, 5.74) is 2.25. The normalized spacial score (nSPS) is 16.0. The van der Waals surface area contributed by atoms with Crippen LogP contribution in [0.5, 0.6) is 0 Å². The van der Waals surface area contributed by atoms with Crippen LogP contribution in [-0.2, 0) is 13.5 Å². The van der Waals surface area contributed by atoms with Gasteiger partial charge in [-0.2, -0.15) is 5.10 Å². The number of anilines is 1. The molecule has 0 saturated carbocycles. The summed E-state index contributed by atoms with van der Waals surface area (Å²) in [5, 5.41) is 4.13. The fourth-order valence-corrected chi connectivity index (χ4v) is 3.66. The number of aromatic nitrogens is 2. The Balaban J connectivity index is 1.65. The van der Waals surface area contributed by atoms with Crippen molar-refractivity contribution in [2.45, 2.75) is 19.3 Å². The van der Waals surface area contributed by atoms with Gasteiger partial charge in [0.1, 0.15) is 4.47 Å². The molecule has 1 aliphatic rings. The molecule has 2 aromatic rings. The molecule has 0 spiro atoms. The smallest absolute Gasteiger partial charge is 0.282 e. The van der Waals surface area contributed by atoms with Gasteiger partial charge >= 0.3 is 0 Å². The zero-order chi connectivity index (χ0) is 15.5. The van der Waals surface area contributed by atoms with Gasteiger partial charge in [0.2, 0.25) is 0 Å². The number of halogens is 1. The third-order valence-electron chi connectivity index (χ3n) is 4.38. The Bertz CT molecular complexity index is 691. The number of piperidine rings is 1. The van der Waals surface area contributed by atoms with Gasteiger partial charge in [0.25, 0.3) is 5.56 Å². The highest BCUT2D eigenvalue weighted by atomic mass is 79.9. The average Bonchev–Trinajstić information content (AvgIpc) is 2.55. The highest BCUT2D eigenvalue weighted by Crippen LogP contribution is 2.28. The molecule has 5 heteroatoms. The monoisotopic (exact) mass is 361 g/mol. The zero-order valence-corrected chi connectivity index (χ0v) is 14.3. The summed E-state index contributed by atoms with van der Waals surface area (Å²) in [5.74, 6) is 0.719. The first kappa shape index (κ1) is 15.3. The van der Waals surface area contributed by atoms with E-state index in [9.17, 15) is 4.79 Å². The lowest BCUT2D eigenvalue weighted by molar-refractivity contribution is 0.403. The van der Waals surface area contributed by atoms with Crippen molar-refractivity contribution >= 4 is 21.6 Å². The van der Waals surface area contributed by atoms with Crippen LogP contribution in [0.1, 0.15) is 18.4 Å². The summed E-state index contributed by atoms with van der Waals surface area (Å²) in [7, 11) is 1.67. The maximum absolute atomic E-state index is 12.0. The van der Waals surface area contributed by atoms with Crippen molar-refractivity contribution in [2.24, 2.45) is 13.0 Å². The van der Waals surface area contributed by atoms with E-state index >= 15 is 0 Å². The highest BCUT2D eigenvalue weighted by molar-refractivity contribution is 9.10. The lowest BCUT2D eigenvalue weighted by Gasteiger charge is -2.33. The topological polar surface area (TPSA) is 38.1 Å². The second-order valence-corrected chi connectivity index (χ2v) is 6.69. The van der Waals surface area contributed by atoms with Crippen LogP contribution in [0, 0.1) is 5.92 Å². The molecule has 0 aliphatic carbocycles. The Morgan fingerprint density at radius 3 is 2.59 bits per heavy atom. The van der Waals surface area contributed by atoms with E-state index in [2.05, 4.69) is 56.3 Å². The van der Waals surface area contributed by atoms with E-state index < -0.39 is 0 Å². The molecule has 0 amide bonds. The third-order valence-corrected chi connectivity index (χ3v) is 5.13. The average molecular weight is 362 g/mol. The maximum atomic E-state index is 12.0. The molecular formula is C17H20BrN3O. The predicted octanol–water partition coefficient (Wildman–Crippen LogP) is 3.00. The second kappa shape index (κ2) is 6.65. The minimum Gasteiger partial charge on any atom is -0.369 e. The Morgan fingerprint density at radius 1 is 1.23 bits per heavy atom. The Labute approximate surface area is 138 Å². The quantitative estimate of drug-likeness (QED) is 0.843. The number of rotatable bonds is 3. The maximum Gasteiger partial charge on any atom is 0.282 e. The summed E-state index contributed by atoms with van der Waals surface area (Å²) in [6.45, 7) is 1.95. The van der Waals surface area contributed by atoms with E-state index in [0.29, 0.717) is 4.47 Å². The first-order chi connectivity index (χ1) is 10.6. The van der Waals surface area contributed by atoms with Gasteiger partial charge in [-0.05, 0) is 46.7 Å². The largest absolute Gasteiger partial charge is 0.369 e. The molecule has 0 bridgehead atoms. The molecule has 4 nitrogen and oxygen atoms in total. The summed E-state index contributed by atoms with van der Waals surface area (Å²) in [6.07, 6.45) is 5.22. The van der Waals surface area contributed by atoms with E-state index in [1.807, 2.05) is 0 Å². The Morgan fingerprint density at radius 2 is 1.91 bits per heavy atom. The number of benzene rings is 1. The van der Waals surface area contributed by atoms with Gasteiger partial charge in [-0.15, -0.1) is 0 Å². The third kappa shape index (κ3) is 3.24. The molecule has 1 aliphatic heterocycles. The van der Waals surface area contributed by atoms with Gasteiger partial charge < -0.3 is 4.90 Å². The lowest BCUT2D eigenvalue weighted by atomic mass is 9.90. The van der Waals surface area contributed by atoms with Gasteiger partial charge in [0.15, 0.2) is 0 Å². The van der Waals surface area contributed by atoms with Crippen LogP contribution in [0.2, 0.25) is 0 Å². The second-order valence-electron chi connectivity index (χ2n) is 5.89. The van der Waals surface area contributed by atoms with Crippen molar-refractivity contribution < 1.29 is 0 Å². The van der Waals surface area contributed by atoms with Gasteiger partial charge in [0, 0.05) is 20.1 Å². The van der Waals surface area contributed by atoms with Crippen molar-refractivity contribution in [3.63, 3.8) is 0 Å². The Hall–Kier alpha value is -1.62. The Kier molecular flexibility index (Phi) is 4.62. The first-order valence-electron chi connectivity index (χ1n) is 7.66. The fourth-order valence-electron chi connectivity index (χ4n) is 3.05. The fraction of sp³-hybridized carbons (Fsp3) is 0.412. The highest BCUT2D eigenvalue weighted by Gasteiger charge is 2.22. The van der Waals surface area contributed by atoms with E-state index in [1.165, 1.54) is 10.2 Å². The molecule has 22 heavy (non-hydrogen) atoms. The van der Waals surface area contributed by atoms with Gasteiger partial charge in [0.05, 0.1) is 11.9 Å². The molecule has 0 unspecified atom stereocenters. The molecule has 1 aromatic heterocycles. The summed E-state index contributed by atoms with van der Waals surface area (Å²) in [4.78, 5) is 14.2. The SMILES string of the molecule is Cn1ncc(N2CCC(Cc3ccccc3)CC2)c(Br)c1=O. The molecule has 0 radical (unpaired) electrons. The van der Waals surface area contributed by atoms with Gasteiger partial charge in [-0.1, -0.05) is 30.3 Å². The number of hydrogen-bond donors (Lipinski definition) is 0. The van der Waals surface area contributed by atoms with Crippen molar-refractivity contribution in [1.29, 1.82) is 0 Å². The van der Waals surface area contributed by atoms with Crippen LogP contribution in [0.15, 0.2) is 45.8 Å². The van der Waals surface area contributed by atoms with Crippen molar-refractivity contribution in [3.8, 4) is 0 Å². The van der Waals surface area contributed by atoms with Gasteiger partial charge in [-0.3, -0.25) is 4.79 Å². The zero-order valence-electron chi connectivity index (χ0n) is 12.7. The first-order valence-corrected chi connectivity index (χ1v) is 8.45. The number of hydrogen-bond acceptors (Lipinski definition) is 3. The van der Waals surface area contributed by atoms with E-state index in [4.69, 9.17) is 0 Å². The molecule has 1 fully saturated rings. The minimum absolute atomic E-state index is 0.0797. The van der Waals surface area contributed by atoms with Crippen LogP contribution < -0.4 is 10.5 Å². The van der Waals surface area contributed by atoms with Crippen LogP contribution in [0.3, 0.4) is 0 Å². The molecule has 3 rings (SSSR count). The number of nitrogens with zero attached hydrogens (tertiary/aromatic N) is 3. The van der Waals surface area contributed by atoms with Crippen molar-refractivity contribution in [3.05, 3.63) is 56.9 Å². The molecule has 1 aromatic carbocycles. The summed E-state index contributed by atoms with van der Waals surface area (Å²) in [6, 6.07) is 10.7. The van der Waals surface area contributed by atoms with Crippen LogP contribution in [0.25, 0.3) is 0 Å². The van der Waals surface area contributed by atoms with Gasteiger partial charge in [-0.25, -0.2) is 4.68 Å². The predicted molar refractivity (Wildman–Crippen MR) is 92.3 cm³/mol.